The van der Waals surface area contributed by atoms with Crippen LogP contribution in [0.2, 0.25) is 0 Å². The zero-order valence-electron chi connectivity index (χ0n) is 12.9. The van der Waals surface area contributed by atoms with Gasteiger partial charge in [0.2, 0.25) is 10.0 Å². The fourth-order valence-electron chi connectivity index (χ4n) is 2.14. The highest BCUT2D eigenvalue weighted by Gasteiger charge is 2.32. The molecule has 0 aromatic carbocycles. The van der Waals surface area contributed by atoms with E-state index in [0.29, 0.717) is 19.0 Å². The predicted molar refractivity (Wildman–Crippen MR) is 83.3 cm³/mol. The van der Waals surface area contributed by atoms with Crippen molar-refractivity contribution in [2.24, 2.45) is 17.5 Å². The van der Waals surface area contributed by atoms with E-state index in [1.807, 2.05) is 20.2 Å². The summed E-state index contributed by atoms with van der Waals surface area (Å²) in [5.41, 5.74) is 6.92. The average Bonchev–Trinajstić information content (AvgIpc) is 2.32. The predicted octanol–water partition coefficient (Wildman–Crippen LogP) is -0.165. The lowest BCUT2D eigenvalue weighted by Crippen LogP contribution is -2.50. The maximum atomic E-state index is 11.3. The van der Waals surface area contributed by atoms with E-state index in [0.717, 1.165) is 18.5 Å². The van der Waals surface area contributed by atoms with Gasteiger partial charge in [-0.1, -0.05) is 0 Å². The minimum atomic E-state index is -3.02. The molecule has 1 aliphatic rings. The maximum absolute atomic E-state index is 11.3. The summed E-state index contributed by atoms with van der Waals surface area (Å²) in [7, 11) is -1.04. The Morgan fingerprint density at radius 2 is 2.14 bits per heavy atom. The first-order chi connectivity index (χ1) is 9.74. The molecule has 8 heteroatoms. The third kappa shape index (κ3) is 6.04. The summed E-state index contributed by atoms with van der Waals surface area (Å²) < 4.78 is 24.0. The van der Waals surface area contributed by atoms with Gasteiger partial charge in [-0.3, -0.25) is 0 Å². The van der Waals surface area contributed by atoms with E-state index < -0.39 is 10.0 Å². The highest BCUT2D eigenvalue weighted by molar-refractivity contribution is 7.88. The summed E-state index contributed by atoms with van der Waals surface area (Å²) in [5, 5.41) is 0. The van der Waals surface area contributed by atoms with E-state index in [1.165, 1.54) is 16.8 Å². The van der Waals surface area contributed by atoms with Crippen LogP contribution in [0.1, 0.15) is 13.3 Å². The molecule has 4 N–H and O–H groups in total. The molecule has 0 spiro atoms. The highest BCUT2D eigenvalue weighted by atomic mass is 32.2. The van der Waals surface area contributed by atoms with Crippen LogP contribution in [0.4, 0.5) is 0 Å². The maximum Gasteiger partial charge on any atom is 0.211 e. The lowest BCUT2D eigenvalue weighted by Gasteiger charge is -2.37. The van der Waals surface area contributed by atoms with Crippen molar-refractivity contribution in [3.63, 3.8) is 0 Å². The number of hydrogen-bond donors (Lipinski definition) is 2. The largest absolute Gasteiger partial charge is 0.420 e. The van der Waals surface area contributed by atoms with Crippen molar-refractivity contribution in [3.05, 3.63) is 24.1 Å². The van der Waals surface area contributed by atoms with Crippen LogP contribution in [-0.4, -0.2) is 56.6 Å². The monoisotopic (exact) mass is 318 g/mol. The van der Waals surface area contributed by atoms with Crippen LogP contribution < -0.4 is 11.6 Å². The van der Waals surface area contributed by atoms with Gasteiger partial charge in [0, 0.05) is 32.7 Å². The molecule has 122 valence electrons. The minimum Gasteiger partial charge on any atom is -0.420 e. The van der Waals surface area contributed by atoms with Crippen molar-refractivity contribution in [2.75, 3.05) is 32.9 Å². The van der Waals surface area contributed by atoms with Crippen LogP contribution in [0.25, 0.3) is 0 Å². The Morgan fingerprint density at radius 1 is 1.52 bits per heavy atom. The fourth-order valence-corrected chi connectivity index (χ4v) is 3.11. The van der Waals surface area contributed by atoms with Crippen LogP contribution >= 0.6 is 0 Å². The summed E-state index contributed by atoms with van der Waals surface area (Å²) >= 11 is 0. The quantitative estimate of drug-likeness (QED) is 0.476. The van der Waals surface area contributed by atoms with Crippen molar-refractivity contribution >= 4 is 10.0 Å². The first-order valence-electron chi connectivity index (χ1n) is 6.85. The van der Waals surface area contributed by atoms with E-state index >= 15 is 0 Å². The molecule has 0 amide bonds. The third-order valence-electron chi connectivity index (χ3n) is 3.60. The Morgan fingerprint density at radius 3 is 2.67 bits per heavy atom. The van der Waals surface area contributed by atoms with E-state index in [2.05, 4.69) is 9.74 Å². The first-order valence-corrected chi connectivity index (χ1v) is 8.70. The molecule has 1 rings (SSSR count). The van der Waals surface area contributed by atoms with Crippen LogP contribution in [-0.2, 0) is 14.9 Å². The molecule has 0 radical (unpaired) electrons. The number of sulfonamides is 1. The molecule has 1 heterocycles. The van der Waals surface area contributed by atoms with Gasteiger partial charge in [0.1, 0.15) is 6.26 Å². The van der Waals surface area contributed by atoms with Crippen molar-refractivity contribution in [2.45, 2.75) is 19.4 Å². The molecule has 1 atom stereocenters. The Balaban J connectivity index is 2.32. The number of rotatable bonds is 8. The van der Waals surface area contributed by atoms with Gasteiger partial charge >= 0.3 is 0 Å². The van der Waals surface area contributed by atoms with Crippen molar-refractivity contribution < 1.29 is 13.3 Å². The summed E-state index contributed by atoms with van der Waals surface area (Å²) in [6.45, 7) is 4.07. The van der Waals surface area contributed by atoms with Gasteiger partial charge in [0.25, 0.3) is 0 Å². The lowest BCUT2D eigenvalue weighted by molar-refractivity contribution is 0.180. The summed E-state index contributed by atoms with van der Waals surface area (Å²) in [5.74, 6) is 5.34. The zero-order chi connectivity index (χ0) is 16.0. The minimum absolute atomic E-state index is 0.236. The molecule has 1 aliphatic heterocycles. The van der Waals surface area contributed by atoms with E-state index in [9.17, 15) is 8.42 Å². The molecule has 0 aromatic heterocycles. The van der Waals surface area contributed by atoms with Gasteiger partial charge < -0.3 is 15.5 Å². The molecular weight excluding hydrogens is 292 g/mol. The summed E-state index contributed by atoms with van der Waals surface area (Å²) in [4.78, 5) is 6.42. The van der Waals surface area contributed by atoms with Crippen LogP contribution in [0, 0.1) is 5.92 Å². The highest BCUT2D eigenvalue weighted by Crippen LogP contribution is 2.21. The van der Waals surface area contributed by atoms with Crippen molar-refractivity contribution in [3.8, 4) is 0 Å². The second-order valence-corrected chi connectivity index (χ2v) is 7.56. The third-order valence-corrected chi connectivity index (χ3v) is 4.83. The van der Waals surface area contributed by atoms with Gasteiger partial charge in [-0.2, -0.15) is 5.90 Å². The Labute approximate surface area is 127 Å². The molecule has 1 unspecified atom stereocenters. The topological polar surface area (TPSA) is 102 Å². The summed E-state index contributed by atoms with van der Waals surface area (Å²) in [6, 6.07) is -0.236. The SMILES string of the molecule is C/C(=C\N(C)CCC1CN(S(C)(=O)=O)C1)C(N)/C=C/ON. The van der Waals surface area contributed by atoms with Gasteiger partial charge in [-0.25, -0.2) is 12.7 Å². The molecule has 7 nitrogen and oxygen atoms in total. The standard InChI is InChI=1S/C13H26N4O3S/c1-11(13(14)5-7-20-15)8-16(2)6-4-12-9-17(10-12)21(3,18)19/h5,7-8,12-13H,4,6,9-10,14-15H2,1-3H3/b7-5+,11-8+. The molecule has 0 aliphatic carbocycles. The fraction of sp³-hybridized carbons (Fsp3) is 0.692. The van der Waals surface area contributed by atoms with Gasteiger partial charge in [-0.05, 0) is 37.1 Å². The van der Waals surface area contributed by atoms with Crippen LogP contribution in [0.5, 0.6) is 0 Å². The van der Waals surface area contributed by atoms with Gasteiger partial charge in [0.05, 0.1) is 6.26 Å². The molecule has 21 heavy (non-hydrogen) atoms. The number of nitrogens with two attached hydrogens (primary N) is 2. The zero-order valence-corrected chi connectivity index (χ0v) is 13.7. The molecule has 0 aromatic rings. The Hall–Kier alpha value is -1.09. The molecule has 0 bridgehead atoms. The second-order valence-electron chi connectivity index (χ2n) is 5.58. The van der Waals surface area contributed by atoms with Gasteiger partial charge in [-0.15, -0.1) is 0 Å². The number of hydrogen-bond acceptors (Lipinski definition) is 6. The van der Waals surface area contributed by atoms with E-state index in [-0.39, 0.29) is 6.04 Å². The van der Waals surface area contributed by atoms with Crippen molar-refractivity contribution in [1.82, 2.24) is 9.21 Å². The van der Waals surface area contributed by atoms with Crippen LogP contribution in [0.3, 0.4) is 0 Å². The number of nitrogens with zero attached hydrogens (tertiary/aromatic N) is 2. The molecule has 0 saturated carbocycles. The smallest absolute Gasteiger partial charge is 0.211 e. The van der Waals surface area contributed by atoms with Gasteiger partial charge in [0.15, 0.2) is 0 Å². The van der Waals surface area contributed by atoms with Crippen molar-refractivity contribution in [1.29, 1.82) is 0 Å². The summed E-state index contributed by atoms with van der Waals surface area (Å²) in [6.07, 6.45) is 7.23. The normalized spacial score (nSPS) is 19.6. The Kier molecular flexibility index (Phi) is 6.66. The van der Waals surface area contributed by atoms with E-state index in [4.69, 9.17) is 11.6 Å². The first kappa shape index (κ1) is 18.0. The van der Waals surface area contributed by atoms with Crippen LogP contribution in [0.15, 0.2) is 24.1 Å². The molecular formula is C13H26N4O3S. The van der Waals surface area contributed by atoms with E-state index in [1.54, 1.807) is 6.08 Å². The average molecular weight is 318 g/mol. The second kappa shape index (κ2) is 7.79. The lowest BCUT2D eigenvalue weighted by atomic mass is 9.99. The molecule has 1 saturated heterocycles. The Bertz CT molecular complexity index is 484. The molecule has 1 fully saturated rings.